The van der Waals surface area contributed by atoms with Crippen LogP contribution in [0.3, 0.4) is 0 Å². The van der Waals surface area contributed by atoms with Gasteiger partial charge in [-0.05, 0) is 71.7 Å². The van der Waals surface area contributed by atoms with E-state index in [1.807, 2.05) is 55.7 Å². The van der Waals surface area contributed by atoms with Gasteiger partial charge < -0.3 is 9.47 Å². The third kappa shape index (κ3) is 3.70. The van der Waals surface area contributed by atoms with E-state index in [1.54, 1.807) is 0 Å². The SMILES string of the molecule is Cc1ccccc1Oc1ccccc1B1c2ccccc2Oc2cc(C)c(-n3ccc[n+]3C)cc21. The first-order valence-corrected chi connectivity index (χ1v) is 11.9. The molecule has 0 N–H and O–H groups in total. The van der Waals surface area contributed by atoms with E-state index < -0.39 is 0 Å². The van der Waals surface area contributed by atoms with Crippen LogP contribution >= 0.6 is 0 Å². The van der Waals surface area contributed by atoms with Gasteiger partial charge in [0.2, 0.25) is 0 Å². The Morgan fingerprint density at radius 2 is 1.43 bits per heavy atom. The number of hydrogen-bond acceptors (Lipinski definition) is 2. The summed E-state index contributed by atoms with van der Waals surface area (Å²) in [5.74, 6) is 3.48. The van der Waals surface area contributed by atoms with Crippen molar-refractivity contribution in [3.63, 3.8) is 0 Å². The van der Waals surface area contributed by atoms with Crippen molar-refractivity contribution in [2.75, 3.05) is 0 Å². The second-order valence-electron chi connectivity index (χ2n) is 9.06. The lowest BCUT2D eigenvalue weighted by Gasteiger charge is -2.28. The van der Waals surface area contributed by atoms with Crippen molar-refractivity contribution in [2.45, 2.75) is 13.8 Å². The predicted molar refractivity (Wildman–Crippen MR) is 141 cm³/mol. The van der Waals surface area contributed by atoms with Gasteiger partial charge in [-0.3, -0.25) is 0 Å². The summed E-state index contributed by atoms with van der Waals surface area (Å²) in [5.41, 5.74) is 6.75. The van der Waals surface area contributed by atoms with Gasteiger partial charge in [0.15, 0.2) is 13.2 Å². The molecular formula is C30H26BN2O2+. The highest BCUT2D eigenvalue weighted by molar-refractivity contribution is 6.97. The van der Waals surface area contributed by atoms with Crippen molar-refractivity contribution in [3.05, 3.63) is 115 Å². The molecular weight excluding hydrogens is 431 g/mol. The average molecular weight is 457 g/mol. The Bertz CT molecular complexity index is 1560. The molecule has 0 atom stereocenters. The van der Waals surface area contributed by atoms with Crippen LogP contribution in [0, 0.1) is 13.8 Å². The summed E-state index contributed by atoms with van der Waals surface area (Å²) in [5, 5.41) is 0. The normalized spacial score (nSPS) is 12.0. The number of rotatable bonds is 4. The van der Waals surface area contributed by atoms with Gasteiger partial charge >= 0.3 is 0 Å². The highest BCUT2D eigenvalue weighted by Crippen LogP contribution is 2.30. The minimum absolute atomic E-state index is 0.0320. The number of hydrogen-bond donors (Lipinski definition) is 0. The van der Waals surface area contributed by atoms with Gasteiger partial charge in [-0.1, -0.05) is 54.6 Å². The standard InChI is InChI=1S/C30H26BN2O2/c1-21-11-4-7-14-27(21)34-28-15-8-5-12-23(28)31-24-13-6-9-16-29(24)35-30-19-22(2)26(20-25(30)31)33-18-10-17-32(33)3/h4-20H,1-3H3/q+1. The van der Waals surface area contributed by atoms with Crippen molar-refractivity contribution in [1.29, 1.82) is 0 Å². The Kier molecular flexibility index (Phi) is 5.18. The van der Waals surface area contributed by atoms with Crippen LogP contribution in [-0.2, 0) is 7.05 Å². The highest BCUT2D eigenvalue weighted by atomic mass is 16.5. The fourth-order valence-electron chi connectivity index (χ4n) is 4.95. The van der Waals surface area contributed by atoms with Gasteiger partial charge in [0.1, 0.15) is 28.7 Å². The van der Waals surface area contributed by atoms with Crippen molar-refractivity contribution in [2.24, 2.45) is 7.05 Å². The van der Waals surface area contributed by atoms with Crippen molar-refractivity contribution >= 4 is 23.1 Å². The summed E-state index contributed by atoms with van der Waals surface area (Å²) in [6, 6.07) is 31.2. The second-order valence-corrected chi connectivity index (χ2v) is 9.06. The molecule has 0 spiro atoms. The van der Waals surface area contributed by atoms with E-state index in [2.05, 4.69) is 77.9 Å². The summed E-state index contributed by atoms with van der Waals surface area (Å²) in [7, 11) is 2.05. The summed E-state index contributed by atoms with van der Waals surface area (Å²) >= 11 is 0. The van der Waals surface area contributed by atoms with Crippen molar-refractivity contribution in [1.82, 2.24) is 4.68 Å². The zero-order valence-corrected chi connectivity index (χ0v) is 20.1. The van der Waals surface area contributed by atoms with Crippen molar-refractivity contribution in [3.8, 4) is 28.7 Å². The van der Waals surface area contributed by atoms with E-state index in [0.29, 0.717) is 0 Å². The first-order chi connectivity index (χ1) is 17.1. The van der Waals surface area contributed by atoms with Crippen LogP contribution in [0.2, 0.25) is 0 Å². The van der Waals surface area contributed by atoms with Gasteiger partial charge in [-0.25, -0.2) is 0 Å². The van der Waals surface area contributed by atoms with Gasteiger partial charge in [0.05, 0.1) is 6.20 Å². The number of fused-ring (bicyclic) bond motifs is 2. The smallest absolute Gasteiger partial charge is 0.255 e. The van der Waals surface area contributed by atoms with Crippen LogP contribution in [0.5, 0.6) is 23.0 Å². The third-order valence-corrected chi connectivity index (χ3v) is 6.75. The molecule has 0 saturated carbocycles. The van der Waals surface area contributed by atoms with Gasteiger partial charge in [-0.2, -0.15) is 0 Å². The third-order valence-electron chi connectivity index (χ3n) is 6.75. The van der Waals surface area contributed by atoms with E-state index in [4.69, 9.17) is 9.47 Å². The lowest BCUT2D eigenvalue weighted by Crippen LogP contribution is -2.55. The van der Waals surface area contributed by atoms with E-state index in [1.165, 1.54) is 0 Å². The van der Waals surface area contributed by atoms with Crippen molar-refractivity contribution < 1.29 is 14.2 Å². The minimum atomic E-state index is -0.0320. The Hall–Kier alpha value is -4.25. The molecule has 1 aromatic heterocycles. The Morgan fingerprint density at radius 1 is 0.714 bits per heavy atom. The van der Waals surface area contributed by atoms with E-state index in [9.17, 15) is 0 Å². The maximum absolute atomic E-state index is 6.52. The molecule has 35 heavy (non-hydrogen) atoms. The van der Waals surface area contributed by atoms with Crippen LogP contribution in [0.1, 0.15) is 11.1 Å². The van der Waals surface area contributed by atoms with Crippen LogP contribution in [-0.4, -0.2) is 11.4 Å². The van der Waals surface area contributed by atoms with E-state index in [-0.39, 0.29) is 6.71 Å². The summed E-state index contributed by atoms with van der Waals surface area (Å²) in [6.07, 6.45) is 4.13. The van der Waals surface area contributed by atoms with E-state index >= 15 is 0 Å². The molecule has 4 nitrogen and oxygen atoms in total. The Labute approximate surface area is 206 Å². The molecule has 0 bridgehead atoms. The number of para-hydroxylation sites is 3. The number of nitrogens with zero attached hydrogens (tertiary/aromatic N) is 2. The molecule has 170 valence electrons. The van der Waals surface area contributed by atoms with Crippen LogP contribution < -0.4 is 30.5 Å². The number of ether oxygens (including phenoxy) is 2. The lowest BCUT2D eigenvalue weighted by atomic mass is 9.35. The van der Waals surface area contributed by atoms with Crippen LogP contribution in [0.25, 0.3) is 5.69 Å². The number of aromatic nitrogens is 2. The fraction of sp³-hybridized carbons (Fsp3) is 0.100. The molecule has 0 saturated heterocycles. The summed E-state index contributed by atoms with van der Waals surface area (Å²) in [4.78, 5) is 0. The van der Waals surface area contributed by atoms with Gasteiger partial charge in [-0.15, -0.1) is 9.36 Å². The molecule has 1 aliphatic heterocycles. The van der Waals surface area contributed by atoms with Gasteiger partial charge in [0, 0.05) is 6.07 Å². The van der Waals surface area contributed by atoms with Crippen LogP contribution in [0.15, 0.2) is 103 Å². The number of benzene rings is 4. The number of aryl methyl sites for hydroxylation is 3. The molecule has 5 heteroatoms. The maximum Gasteiger partial charge on any atom is 0.255 e. The molecule has 0 unspecified atom stereocenters. The van der Waals surface area contributed by atoms with E-state index in [0.717, 1.165) is 56.2 Å². The Balaban J connectivity index is 1.56. The van der Waals surface area contributed by atoms with Gasteiger partial charge in [0.25, 0.3) is 6.71 Å². The Morgan fingerprint density at radius 3 is 2.20 bits per heavy atom. The highest BCUT2D eigenvalue weighted by Gasteiger charge is 2.35. The lowest BCUT2D eigenvalue weighted by molar-refractivity contribution is -0.744. The quantitative estimate of drug-likeness (QED) is 0.291. The topological polar surface area (TPSA) is 27.3 Å². The molecule has 0 fully saturated rings. The molecule has 1 aliphatic rings. The maximum atomic E-state index is 6.52. The molecule has 0 radical (unpaired) electrons. The van der Waals surface area contributed by atoms with Crippen LogP contribution in [0.4, 0.5) is 0 Å². The molecule has 0 amide bonds. The largest absolute Gasteiger partial charge is 0.458 e. The molecule has 2 heterocycles. The monoisotopic (exact) mass is 457 g/mol. The first kappa shape index (κ1) is 21.3. The minimum Gasteiger partial charge on any atom is -0.458 e. The fourth-order valence-corrected chi connectivity index (χ4v) is 4.95. The molecule has 0 aliphatic carbocycles. The molecule has 5 aromatic rings. The first-order valence-electron chi connectivity index (χ1n) is 11.9. The average Bonchev–Trinajstić information content (AvgIpc) is 3.29. The summed E-state index contributed by atoms with van der Waals surface area (Å²) in [6.45, 7) is 4.17. The zero-order chi connectivity index (χ0) is 23.9. The predicted octanol–water partition coefficient (Wildman–Crippen LogP) is 4.33. The molecule has 6 rings (SSSR count). The summed E-state index contributed by atoms with van der Waals surface area (Å²) < 4.78 is 17.2. The zero-order valence-electron chi connectivity index (χ0n) is 20.1. The molecule has 4 aromatic carbocycles. The second kappa shape index (κ2) is 8.51.